The van der Waals surface area contributed by atoms with Crippen LogP contribution in [0.4, 0.5) is 4.79 Å². The molecule has 0 saturated heterocycles. The maximum absolute atomic E-state index is 12.2. The number of hydrogen-bond acceptors (Lipinski definition) is 3. The summed E-state index contributed by atoms with van der Waals surface area (Å²) in [6.45, 7) is 4.04. The second kappa shape index (κ2) is 6.53. The van der Waals surface area contributed by atoms with Crippen molar-refractivity contribution >= 4 is 25.5 Å². The Morgan fingerprint density at radius 3 is 2.55 bits per heavy atom. The van der Waals surface area contributed by atoms with Crippen LogP contribution in [-0.2, 0) is 0 Å². The zero-order valence-electron chi connectivity index (χ0n) is 11.9. The maximum atomic E-state index is 12.2. The third kappa shape index (κ3) is 4.67. The Balaban J connectivity index is 2.74. The third-order valence-electron chi connectivity index (χ3n) is 2.89. The molecule has 2 amide bonds. The number of likely N-dealkylation sites (N-methyl/N-ethyl adjacent to an activating group) is 1. The quantitative estimate of drug-likeness (QED) is 0.687. The second-order valence-corrected chi connectivity index (χ2v) is 8.79. The van der Waals surface area contributed by atoms with Crippen LogP contribution in [0.15, 0.2) is 24.3 Å². The van der Waals surface area contributed by atoms with E-state index in [2.05, 4.69) is 5.32 Å². The minimum Gasteiger partial charge on any atom is -0.465 e. The van der Waals surface area contributed by atoms with Crippen LogP contribution in [0, 0.1) is 0 Å². The molecule has 0 spiro atoms. The fraction of sp³-hybridized carbons (Fsp3) is 0.385. The van der Waals surface area contributed by atoms with Gasteiger partial charge in [-0.3, -0.25) is 4.79 Å². The van der Waals surface area contributed by atoms with E-state index in [-0.39, 0.29) is 19.0 Å². The summed E-state index contributed by atoms with van der Waals surface area (Å²) in [7, 11) is -0.835. The number of carboxylic acid groups (broad SMARTS) is 1. The van der Waals surface area contributed by atoms with Gasteiger partial charge in [-0.05, 0) is 30.4 Å². The summed E-state index contributed by atoms with van der Waals surface area (Å²) in [4.78, 5) is 34.0. The lowest BCUT2D eigenvalue weighted by Gasteiger charge is -2.19. The van der Waals surface area contributed by atoms with Crippen molar-refractivity contribution in [3.63, 3.8) is 0 Å². The smallest absolute Gasteiger partial charge is 0.404 e. The monoisotopic (exact) mass is 296 g/mol. The lowest BCUT2D eigenvalue weighted by Crippen LogP contribution is -2.42. The summed E-state index contributed by atoms with van der Waals surface area (Å²) < 4.78 is 0. The molecule has 7 heteroatoms. The highest BCUT2D eigenvalue weighted by atomic mass is 28.4. The normalized spacial score (nSPS) is 11.0. The summed E-state index contributed by atoms with van der Waals surface area (Å²) in [6.07, 6.45) is -1.11. The predicted octanol–water partition coefficient (Wildman–Crippen LogP) is 0.431. The average molecular weight is 296 g/mol. The topological polar surface area (TPSA) is 89.9 Å². The molecule has 1 rings (SSSR count). The number of hydrogen-bond donors (Lipinski definition) is 3. The molecule has 0 bridgehead atoms. The van der Waals surface area contributed by atoms with Crippen molar-refractivity contribution in [1.29, 1.82) is 0 Å². The van der Waals surface area contributed by atoms with E-state index in [4.69, 9.17) is 5.11 Å². The van der Waals surface area contributed by atoms with Crippen molar-refractivity contribution in [3.8, 4) is 0 Å². The molecule has 0 aliphatic rings. The molecule has 0 heterocycles. The lowest BCUT2D eigenvalue weighted by molar-refractivity contribution is 0.0795. The van der Waals surface area contributed by atoms with Crippen molar-refractivity contribution in [2.45, 2.75) is 13.1 Å². The first kappa shape index (κ1) is 16.2. The molecule has 0 radical (unpaired) electrons. The van der Waals surface area contributed by atoms with Gasteiger partial charge in [-0.25, -0.2) is 4.79 Å². The molecule has 20 heavy (non-hydrogen) atoms. The van der Waals surface area contributed by atoms with E-state index in [9.17, 15) is 14.4 Å². The van der Waals surface area contributed by atoms with Gasteiger partial charge in [0, 0.05) is 25.7 Å². The molecular weight excluding hydrogens is 276 g/mol. The summed E-state index contributed by atoms with van der Waals surface area (Å²) >= 11 is 0. The van der Waals surface area contributed by atoms with E-state index in [1.807, 2.05) is 6.07 Å². The van der Waals surface area contributed by atoms with E-state index in [1.54, 1.807) is 38.3 Å². The Labute approximate surface area is 119 Å². The molecule has 0 aliphatic carbocycles. The maximum Gasteiger partial charge on any atom is 0.404 e. The van der Waals surface area contributed by atoms with Gasteiger partial charge in [-0.15, -0.1) is 0 Å². The summed E-state index contributed by atoms with van der Waals surface area (Å²) in [5.74, 6) is -0.197. The summed E-state index contributed by atoms with van der Waals surface area (Å²) in [6, 6.07) is 6.95. The molecule has 1 aromatic rings. The molecule has 3 N–H and O–H groups in total. The minimum atomic E-state index is -2.45. The third-order valence-corrected chi connectivity index (χ3v) is 4.61. The van der Waals surface area contributed by atoms with E-state index in [1.165, 1.54) is 4.90 Å². The predicted molar refractivity (Wildman–Crippen MR) is 78.8 cm³/mol. The van der Waals surface area contributed by atoms with E-state index in [0.717, 1.165) is 5.19 Å². The highest BCUT2D eigenvalue weighted by Crippen LogP contribution is 2.05. The number of rotatable bonds is 5. The molecule has 0 unspecified atom stereocenters. The number of nitrogens with one attached hydrogen (secondary N) is 1. The van der Waals surface area contributed by atoms with Crippen molar-refractivity contribution in [1.82, 2.24) is 10.2 Å². The minimum absolute atomic E-state index is 0.178. The summed E-state index contributed by atoms with van der Waals surface area (Å²) in [5.41, 5.74) is 0.495. The number of nitrogens with zero attached hydrogens (tertiary/aromatic N) is 1. The van der Waals surface area contributed by atoms with Crippen LogP contribution in [-0.4, -0.2) is 55.3 Å². The van der Waals surface area contributed by atoms with Gasteiger partial charge in [0.25, 0.3) is 5.91 Å². The van der Waals surface area contributed by atoms with Gasteiger partial charge in [0.05, 0.1) is 0 Å². The zero-order chi connectivity index (χ0) is 15.3. The molecule has 0 atom stereocenters. The number of carbonyl (C=O) groups is 2. The highest BCUT2D eigenvalue weighted by molar-refractivity contribution is 6.83. The first-order valence-electron chi connectivity index (χ1n) is 6.27. The molecule has 6 nitrogen and oxygen atoms in total. The van der Waals surface area contributed by atoms with Crippen LogP contribution >= 0.6 is 0 Å². The van der Waals surface area contributed by atoms with Crippen molar-refractivity contribution in [2.24, 2.45) is 0 Å². The molecule has 0 fully saturated rings. The summed E-state index contributed by atoms with van der Waals surface area (Å²) in [5, 5.41) is 11.5. The SMILES string of the molecule is CN(CCNC(=O)O)C(=O)c1cccc([Si](C)(C)O)c1. The molecule has 0 aromatic heterocycles. The average Bonchev–Trinajstić information content (AvgIpc) is 2.36. The standard InChI is InChI=1S/C13H20N2O4Si/c1-15(8-7-14-13(17)18)12(16)10-5-4-6-11(9-10)20(2,3)19/h4-6,9,14,19H,7-8H2,1-3H3,(H,17,18). The van der Waals surface area contributed by atoms with Gasteiger partial charge in [0.2, 0.25) is 8.32 Å². The van der Waals surface area contributed by atoms with E-state index >= 15 is 0 Å². The van der Waals surface area contributed by atoms with Gasteiger partial charge in [-0.2, -0.15) is 0 Å². The number of benzene rings is 1. The Kier molecular flexibility index (Phi) is 5.29. The first-order valence-corrected chi connectivity index (χ1v) is 9.21. The first-order chi connectivity index (χ1) is 9.21. The van der Waals surface area contributed by atoms with Gasteiger partial charge < -0.3 is 20.1 Å². The zero-order valence-corrected chi connectivity index (χ0v) is 12.9. The van der Waals surface area contributed by atoms with Gasteiger partial charge in [0.1, 0.15) is 0 Å². The fourth-order valence-electron chi connectivity index (χ4n) is 1.69. The number of carbonyl (C=O) groups excluding carboxylic acids is 1. The van der Waals surface area contributed by atoms with Crippen LogP contribution in [0.25, 0.3) is 0 Å². The molecule has 110 valence electrons. The van der Waals surface area contributed by atoms with Crippen LogP contribution in [0.1, 0.15) is 10.4 Å². The van der Waals surface area contributed by atoms with Gasteiger partial charge >= 0.3 is 6.09 Å². The molecule has 0 saturated carbocycles. The fourth-order valence-corrected chi connectivity index (χ4v) is 2.70. The van der Waals surface area contributed by atoms with Crippen LogP contribution in [0.3, 0.4) is 0 Å². The molecule has 1 aromatic carbocycles. The van der Waals surface area contributed by atoms with Crippen molar-refractivity contribution in [2.75, 3.05) is 20.1 Å². The second-order valence-electron chi connectivity index (χ2n) is 5.10. The molecule has 0 aliphatic heterocycles. The van der Waals surface area contributed by atoms with Crippen LogP contribution < -0.4 is 10.5 Å². The van der Waals surface area contributed by atoms with Crippen LogP contribution in [0.2, 0.25) is 13.1 Å². The van der Waals surface area contributed by atoms with Gasteiger partial charge in [-0.1, -0.05) is 12.1 Å². The Bertz CT molecular complexity index is 499. The number of amides is 2. The Morgan fingerprint density at radius 2 is 2.00 bits per heavy atom. The lowest BCUT2D eigenvalue weighted by atomic mass is 10.2. The van der Waals surface area contributed by atoms with Gasteiger partial charge in [0.15, 0.2) is 0 Å². The Morgan fingerprint density at radius 1 is 1.35 bits per heavy atom. The Hall–Kier alpha value is -1.86. The van der Waals surface area contributed by atoms with Crippen molar-refractivity contribution < 1.29 is 19.5 Å². The highest BCUT2D eigenvalue weighted by Gasteiger charge is 2.21. The largest absolute Gasteiger partial charge is 0.465 e. The van der Waals surface area contributed by atoms with E-state index in [0.29, 0.717) is 5.56 Å². The van der Waals surface area contributed by atoms with Crippen LogP contribution in [0.5, 0.6) is 0 Å². The van der Waals surface area contributed by atoms with Crippen molar-refractivity contribution in [3.05, 3.63) is 29.8 Å². The van der Waals surface area contributed by atoms with E-state index < -0.39 is 14.4 Å². The molecular formula is C13H20N2O4Si.